The largest absolute Gasteiger partial charge is 0.497 e. The van der Waals surface area contributed by atoms with Gasteiger partial charge in [0, 0.05) is 17.1 Å². The second kappa shape index (κ2) is 5.89. The summed E-state index contributed by atoms with van der Waals surface area (Å²) in [5, 5.41) is 0.952. The fourth-order valence-corrected chi connectivity index (χ4v) is 2.31. The Morgan fingerprint density at radius 2 is 2.11 bits per heavy atom. The summed E-state index contributed by atoms with van der Waals surface area (Å²) in [4.78, 5) is 5.50. The van der Waals surface area contributed by atoms with Crippen molar-refractivity contribution in [3.63, 3.8) is 0 Å². The van der Waals surface area contributed by atoms with Gasteiger partial charge in [0.25, 0.3) is 0 Å². The molecular formula is C14H16N2OS. The van der Waals surface area contributed by atoms with Crippen LogP contribution in [0.5, 0.6) is 5.75 Å². The third kappa shape index (κ3) is 3.24. The van der Waals surface area contributed by atoms with Crippen molar-refractivity contribution in [2.45, 2.75) is 22.9 Å². The van der Waals surface area contributed by atoms with Crippen LogP contribution in [0.1, 0.15) is 18.5 Å². The van der Waals surface area contributed by atoms with E-state index in [1.807, 2.05) is 49.5 Å². The molecule has 0 unspecified atom stereocenters. The normalized spacial score (nSPS) is 12.2. The number of hydrogen-bond donors (Lipinski definition) is 1. The van der Waals surface area contributed by atoms with Gasteiger partial charge in [-0.3, -0.25) is 0 Å². The molecule has 1 atom stereocenters. The standard InChI is InChI=1S/C14H16N2OS/c1-10(15)11-6-7-14(16-9-11)18-13-5-3-4-12(8-13)17-2/h3-10H,15H2,1-2H3/t10-/m0/s1. The molecule has 3 nitrogen and oxygen atoms in total. The van der Waals surface area contributed by atoms with Gasteiger partial charge in [-0.2, -0.15) is 0 Å². The SMILES string of the molecule is COc1cccc(Sc2ccc([C@H](C)N)cn2)c1. The first kappa shape index (κ1) is 12.9. The average Bonchev–Trinajstić information content (AvgIpc) is 2.39. The Kier molecular flexibility index (Phi) is 4.23. The van der Waals surface area contributed by atoms with Crippen LogP contribution < -0.4 is 10.5 Å². The Morgan fingerprint density at radius 1 is 1.28 bits per heavy atom. The molecule has 94 valence electrons. The first-order valence-electron chi connectivity index (χ1n) is 5.72. The molecule has 0 aliphatic carbocycles. The summed E-state index contributed by atoms with van der Waals surface area (Å²) in [6.45, 7) is 1.95. The molecule has 0 saturated carbocycles. The summed E-state index contributed by atoms with van der Waals surface area (Å²) in [5.74, 6) is 0.854. The molecule has 0 aliphatic rings. The average molecular weight is 260 g/mol. The van der Waals surface area contributed by atoms with Gasteiger partial charge in [0.15, 0.2) is 0 Å². The minimum Gasteiger partial charge on any atom is -0.497 e. The van der Waals surface area contributed by atoms with E-state index in [2.05, 4.69) is 4.98 Å². The molecule has 2 rings (SSSR count). The summed E-state index contributed by atoms with van der Waals surface area (Å²) >= 11 is 1.61. The zero-order valence-electron chi connectivity index (χ0n) is 10.5. The van der Waals surface area contributed by atoms with Crippen molar-refractivity contribution < 1.29 is 4.74 Å². The molecular weight excluding hydrogens is 244 g/mol. The van der Waals surface area contributed by atoms with Crippen molar-refractivity contribution in [1.82, 2.24) is 4.98 Å². The Bertz CT molecular complexity index is 511. The molecule has 1 aromatic carbocycles. The molecule has 2 N–H and O–H groups in total. The fourth-order valence-electron chi connectivity index (χ4n) is 1.51. The number of ether oxygens (including phenoxy) is 1. The quantitative estimate of drug-likeness (QED) is 0.916. The van der Waals surface area contributed by atoms with Crippen LogP contribution in [0.4, 0.5) is 0 Å². The highest BCUT2D eigenvalue weighted by atomic mass is 32.2. The Labute approximate surface area is 111 Å². The van der Waals surface area contributed by atoms with E-state index in [1.165, 1.54) is 0 Å². The van der Waals surface area contributed by atoms with Crippen LogP contribution in [0, 0.1) is 0 Å². The van der Waals surface area contributed by atoms with E-state index in [-0.39, 0.29) is 6.04 Å². The van der Waals surface area contributed by atoms with E-state index in [1.54, 1.807) is 18.9 Å². The highest BCUT2D eigenvalue weighted by Gasteiger charge is 2.03. The van der Waals surface area contributed by atoms with Crippen LogP contribution in [0.3, 0.4) is 0 Å². The second-order valence-electron chi connectivity index (χ2n) is 4.00. The lowest BCUT2D eigenvalue weighted by Gasteiger charge is -2.06. The molecule has 2 aromatic rings. The van der Waals surface area contributed by atoms with Gasteiger partial charge in [0.2, 0.25) is 0 Å². The lowest BCUT2D eigenvalue weighted by Crippen LogP contribution is -2.04. The molecule has 0 saturated heterocycles. The molecule has 0 radical (unpaired) electrons. The summed E-state index contributed by atoms with van der Waals surface area (Å²) in [7, 11) is 1.67. The third-order valence-corrected chi connectivity index (χ3v) is 3.49. The van der Waals surface area contributed by atoms with Crippen LogP contribution >= 0.6 is 11.8 Å². The van der Waals surface area contributed by atoms with Gasteiger partial charge in [-0.05, 0) is 36.8 Å². The smallest absolute Gasteiger partial charge is 0.119 e. The summed E-state index contributed by atoms with van der Waals surface area (Å²) in [6.07, 6.45) is 1.83. The van der Waals surface area contributed by atoms with Gasteiger partial charge in [-0.15, -0.1) is 0 Å². The van der Waals surface area contributed by atoms with Crippen LogP contribution in [0.15, 0.2) is 52.5 Å². The number of pyridine rings is 1. The maximum atomic E-state index is 5.79. The van der Waals surface area contributed by atoms with E-state index in [0.717, 1.165) is 21.2 Å². The van der Waals surface area contributed by atoms with Crippen molar-refractivity contribution in [2.24, 2.45) is 5.73 Å². The summed E-state index contributed by atoms with van der Waals surface area (Å²) in [5.41, 5.74) is 6.84. The van der Waals surface area contributed by atoms with Gasteiger partial charge in [0.05, 0.1) is 7.11 Å². The zero-order valence-corrected chi connectivity index (χ0v) is 11.3. The first-order chi connectivity index (χ1) is 8.69. The number of hydrogen-bond acceptors (Lipinski definition) is 4. The summed E-state index contributed by atoms with van der Waals surface area (Å²) in [6, 6.07) is 11.9. The lowest BCUT2D eigenvalue weighted by molar-refractivity contribution is 0.413. The molecule has 0 amide bonds. The molecule has 1 aromatic heterocycles. The number of methoxy groups -OCH3 is 1. The van der Waals surface area contributed by atoms with Crippen molar-refractivity contribution in [3.8, 4) is 5.75 Å². The predicted octanol–water partition coefficient (Wildman–Crippen LogP) is 3.26. The van der Waals surface area contributed by atoms with E-state index in [4.69, 9.17) is 10.5 Å². The fraction of sp³-hybridized carbons (Fsp3) is 0.214. The zero-order chi connectivity index (χ0) is 13.0. The molecule has 0 spiro atoms. The van der Waals surface area contributed by atoms with Gasteiger partial charge in [0.1, 0.15) is 10.8 Å². The Morgan fingerprint density at radius 3 is 2.72 bits per heavy atom. The predicted molar refractivity (Wildman–Crippen MR) is 74.0 cm³/mol. The van der Waals surface area contributed by atoms with E-state index in [0.29, 0.717) is 0 Å². The monoisotopic (exact) mass is 260 g/mol. The Hall–Kier alpha value is -1.52. The third-order valence-electron chi connectivity index (χ3n) is 2.55. The molecule has 1 heterocycles. The highest BCUT2D eigenvalue weighted by Crippen LogP contribution is 2.28. The number of nitrogens with two attached hydrogens (primary N) is 1. The minimum absolute atomic E-state index is 0.0216. The maximum absolute atomic E-state index is 5.79. The van der Waals surface area contributed by atoms with Crippen LogP contribution in [-0.4, -0.2) is 12.1 Å². The molecule has 0 aliphatic heterocycles. The molecule has 0 fully saturated rings. The van der Waals surface area contributed by atoms with Crippen LogP contribution in [0.25, 0.3) is 0 Å². The number of rotatable bonds is 4. The first-order valence-corrected chi connectivity index (χ1v) is 6.54. The highest BCUT2D eigenvalue weighted by molar-refractivity contribution is 7.99. The van der Waals surface area contributed by atoms with Gasteiger partial charge < -0.3 is 10.5 Å². The van der Waals surface area contributed by atoms with Gasteiger partial charge in [-0.25, -0.2) is 4.98 Å². The van der Waals surface area contributed by atoms with Crippen molar-refractivity contribution >= 4 is 11.8 Å². The van der Waals surface area contributed by atoms with E-state index >= 15 is 0 Å². The minimum atomic E-state index is 0.0216. The maximum Gasteiger partial charge on any atom is 0.119 e. The van der Waals surface area contributed by atoms with Crippen LogP contribution in [0.2, 0.25) is 0 Å². The number of nitrogens with zero attached hydrogens (tertiary/aromatic N) is 1. The Balaban J connectivity index is 2.13. The topological polar surface area (TPSA) is 48.1 Å². The lowest BCUT2D eigenvalue weighted by atomic mass is 10.2. The molecule has 18 heavy (non-hydrogen) atoms. The molecule has 0 bridgehead atoms. The van der Waals surface area contributed by atoms with Gasteiger partial charge >= 0.3 is 0 Å². The van der Waals surface area contributed by atoms with Crippen molar-refractivity contribution in [1.29, 1.82) is 0 Å². The van der Waals surface area contributed by atoms with Crippen molar-refractivity contribution in [3.05, 3.63) is 48.2 Å². The summed E-state index contributed by atoms with van der Waals surface area (Å²) < 4.78 is 5.19. The number of benzene rings is 1. The van der Waals surface area contributed by atoms with E-state index in [9.17, 15) is 0 Å². The van der Waals surface area contributed by atoms with Crippen molar-refractivity contribution in [2.75, 3.05) is 7.11 Å². The molecule has 4 heteroatoms. The van der Waals surface area contributed by atoms with E-state index < -0.39 is 0 Å². The van der Waals surface area contributed by atoms with Crippen LogP contribution in [-0.2, 0) is 0 Å². The number of aromatic nitrogens is 1. The van der Waals surface area contributed by atoms with Gasteiger partial charge in [-0.1, -0.05) is 23.9 Å². The second-order valence-corrected chi connectivity index (χ2v) is 5.09.